The molecule has 0 aromatic heterocycles. The molecule has 0 fully saturated rings. The first-order valence-electron chi connectivity index (χ1n) is 8.09. The zero-order chi connectivity index (χ0) is 19.2. The lowest BCUT2D eigenvalue weighted by Gasteiger charge is -2.09. The van der Waals surface area contributed by atoms with Crippen molar-refractivity contribution in [2.24, 2.45) is 0 Å². The number of ether oxygens (including phenoxy) is 1. The highest BCUT2D eigenvalue weighted by Crippen LogP contribution is 2.25. The first-order chi connectivity index (χ1) is 12.4. The molecule has 0 aliphatic heterocycles. The molecule has 0 radical (unpaired) electrons. The van der Waals surface area contributed by atoms with Gasteiger partial charge in [-0.05, 0) is 54.9 Å². The Hall–Kier alpha value is -2.64. The number of amides is 1. The summed E-state index contributed by atoms with van der Waals surface area (Å²) in [5, 5.41) is 2.76. The van der Waals surface area contributed by atoms with Gasteiger partial charge in [-0.1, -0.05) is 25.1 Å². The summed E-state index contributed by atoms with van der Waals surface area (Å²) in [4.78, 5) is 12.1. The fourth-order valence-corrected chi connectivity index (χ4v) is 3.22. The van der Waals surface area contributed by atoms with E-state index in [9.17, 15) is 13.2 Å². The number of aryl methyl sites for hydroxylation is 1. The molecule has 0 bridgehead atoms. The molecule has 0 aliphatic rings. The number of nitrogens with one attached hydrogen (secondary N) is 2. The van der Waals surface area contributed by atoms with E-state index in [-0.39, 0.29) is 16.6 Å². The molecule has 0 atom stereocenters. The lowest BCUT2D eigenvalue weighted by atomic mass is 10.1. The number of methoxy groups -OCH3 is 1. The maximum atomic E-state index is 12.1. The lowest BCUT2D eigenvalue weighted by molar-refractivity contribution is -0.111. The van der Waals surface area contributed by atoms with Crippen LogP contribution in [0.5, 0.6) is 5.75 Å². The van der Waals surface area contributed by atoms with Gasteiger partial charge in [0.2, 0.25) is 15.9 Å². The van der Waals surface area contributed by atoms with E-state index >= 15 is 0 Å². The van der Waals surface area contributed by atoms with Crippen LogP contribution < -0.4 is 14.8 Å². The molecule has 2 N–H and O–H groups in total. The molecule has 0 saturated carbocycles. The monoisotopic (exact) mass is 374 g/mol. The van der Waals surface area contributed by atoms with Gasteiger partial charge >= 0.3 is 0 Å². The minimum absolute atomic E-state index is 0.0141. The fraction of sp³-hybridized carbons (Fsp3) is 0.211. The van der Waals surface area contributed by atoms with Gasteiger partial charge < -0.3 is 10.1 Å². The summed E-state index contributed by atoms with van der Waals surface area (Å²) in [6.07, 6.45) is 3.83. The largest absolute Gasteiger partial charge is 0.495 e. The van der Waals surface area contributed by atoms with Crippen molar-refractivity contribution in [3.05, 3.63) is 59.7 Å². The fourth-order valence-electron chi connectivity index (χ4n) is 2.30. The van der Waals surface area contributed by atoms with E-state index in [0.29, 0.717) is 11.3 Å². The highest BCUT2D eigenvalue weighted by Gasteiger charge is 2.17. The second-order valence-electron chi connectivity index (χ2n) is 5.49. The summed E-state index contributed by atoms with van der Waals surface area (Å²) in [6, 6.07) is 12.3. The Kier molecular flexibility index (Phi) is 6.54. The predicted molar refractivity (Wildman–Crippen MR) is 103 cm³/mol. The molecule has 138 valence electrons. The molecule has 0 aliphatic carbocycles. The van der Waals surface area contributed by atoms with E-state index in [4.69, 9.17) is 4.74 Å². The average Bonchev–Trinajstić information content (AvgIpc) is 2.66. The number of rotatable bonds is 7. The molecule has 26 heavy (non-hydrogen) atoms. The predicted octanol–water partition coefficient (Wildman–Crippen LogP) is 2.82. The van der Waals surface area contributed by atoms with Gasteiger partial charge in [0.25, 0.3) is 0 Å². The Bertz CT molecular complexity index is 904. The van der Waals surface area contributed by atoms with E-state index < -0.39 is 10.0 Å². The van der Waals surface area contributed by atoms with E-state index in [1.807, 2.05) is 24.3 Å². The number of hydrogen-bond donors (Lipinski definition) is 2. The first kappa shape index (κ1) is 19.7. The summed E-state index contributed by atoms with van der Waals surface area (Å²) in [7, 11) is -0.939. The van der Waals surface area contributed by atoms with Crippen LogP contribution in [0, 0.1) is 0 Å². The van der Waals surface area contributed by atoms with Gasteiger partial charge in [-0.2, -0.15) is 0 Å². The third-order valence-electron chi connectivity index (χ3n) is 3.80. The van der Waals surface area contributed by atoms with Crippen molar-refractivity contribution in [2.45, 2.75) is 18.2 Å². The Morgan fingerprint density at radius 3 is 2.42 bits per heavy atom. The highest BCUT2D eigenvalue weighted by molar-refractivity contribution is 7.89. The van der Waals surface area contributed by atoms with Crippen LogP contribution in [-0.2, 0) is 21.2 Å². The van der Waals surface area contributed by atoms with Crippen molar-refractivity contribution in [1.29, 1.82) is 0 Å². The van der Waals surface area contributed by atoms with Gasteiger partial charge in [0.1, 0.15) is 10.6 Å². The van der Waals surface area contributed by atoms with Crippen molar-refractivity contribution in [2.75, 3.05) is 19.5 Å². The van der Waals surface area contributed by atoms with E-state index in [1.54, 1.807) is 18.2 Å². The summed E-state index contributed by atoms with van der Waals surface area (Å²) in [5.74, 6) is -0.0694. The van der Waals surface area contributed by atoms with Gasteiger partial charge in [-0.3, -0.25) is 4.79 Å². The van der Waals surface area contributed by atoms with Crippen LogP contribution in [0.4, 0.5) is 5.69 Å². The Morgan fingerprint density at radius 2 is 1.85 bits per heavy atom. The van der Waals surface area contributed by atoms with Crippen molar-refractivity contribution in [3.8, 4) is 5.75 Å². The summed E-state index contributed by atoms with van der Waals surface area (Å²) in [6.45, 7) is 2.06. The molecular weight excluding hydrogens is 352 g/mol. The molecule has 0 saturated heterocycles. The Labute approximate surface area is 153 Å². The van der Waals surface area contributed by atoms with Crippen LogP contribution in [0.25, 0.3) is 6.08 Å². The molecule has 0 unspecified atom stereocenters. The average molecular weight is 374 g/mol. The van der Waals surface area contributed by atoms with E-state index in [0.717, 1.165) is 6.42 Å². The molecule has 6 nitrogen and oxygen atoms in total. The van der Waals surface area contributed by atoms with Gasteiger partial charge in [-0.15, -0.1) is 0 Å². The molecule has 2 aromatic rings. The minimum Gasteiger partial charge on any atom is -0.495 e. The Balaban J connectivity index is 2.16. The van der Waals surface area contributed by atoms with Crippen molar-refractivity contribution < 1.29 is 17.9 Å². The normalized spacial score (nSPS) is 11.5. The Morgan fingerprint density at radius 1 is 1.15 bits per heavy atom. The molecule has 2 rings (SSSR count). The van der Waals surface area contributed by atoms with Gasteiger partial charge in [0.15, 0.2) is 0 Å². The van der Waals surface area contributed by atoms with Crippen molar-refractivity contribution in [1.82, 2.24) is 4.72 Å². The standard InChI is InChI=1S/C19H22N2O4S/c1-4-14-5-9-16(10-6-14)21-19(22)12-8-15-7-11-17(25-3)18(13-15)26(23,24)20-2/h5-13,20H,4H2,1-3H3,(H,21,22)/b12-8+. The van der Waals surface area contributed by atoms with E-state index in [2.05, 4.69) is 17.0 Å². The van der Waals surface area contributed by atoms with Gasteiger partial charge in [0.05, 0.1) is 7.11 Å². The lowest BCUT2D eigenvalue weighted by Crippen LogP contribution is -2.19. The number of carbonyl (C=O) groups excluding carboxylic acids is 1. The summed E-state index contributed by atoms with van der Waals surface area (Å²) >= 11 is 0. The highest BCUT2D eigenvalue weighted by atomic mass is 32.2. The van der Waals surface area contributed by atoms with Crippen molar-refractivity contribution >= 4 is 27.7 Å². The summed E-state index contributed by atoms with van der Waals surface area (Å²) in [5.41, 5.74) is 2.45. The molecule has 0 heterocycles. The zero-order valence-electron chi connectivity index (χ0n) is 14.9. The van der Waals surface area contributed by atoms with Crippen LogP contribution in [0.2, 0.25) is 0 Å². The third-order valence-corrected chi connectivity index (χ3v) is 5.24. The SMILES string of the molecule is CCc1ccc(NC(=O)/C=C/c2ccc(OC)c(S(=O)(=O)NC)c2)cc1. The maximum absolute atomic E-state index is 12.1. The maximum Gasteiger partial charge on any atom is 0.248 e. The number of hydrogen-bond acceptors (Lipinski definition) is 4. The zero-order valence-corrected chi connectivity index (χ0v) is 15.8. The number of anilines is 1. The smallest absolute Gasteiger partial charge is 0.248 e. The number of sulfonamides is 1. The van der Waals surface area contributed by atoms with Crippen molar-refractivity contribution in [3.63, 3.8) is 0 Å². The number of carbonyl (C=O) groups is 1. The molecule has 2 aromatic carbocycles. The number of benzene rings is 2. The minimum atomic E-state index is -3.67. The third kappa shape index (κ3) is 4.93. The molecule has 0 spiro atoms. The van der Waals surface area contributed by atoms with E-state index in [1.165, 1.54) is 31.9 Å². The van der Waals surface area contributed by atoms with Gasteiger partial charge in [0, 0.05) is 11.8 Å². The van der Waals surface area contributed by atoms with Gasteiger partial charge in [-0.25, -0.2) is 13.1 Å². The second kappa shape index (κ2) is 8.64. The van der Waals surface area contributed by atoms with Crippen LogP contribution >= 0.6 is 0 Å². The van der Waals surface area contributed by atoms with Crippen LogP contribution in [-0.4, -0.2) is 28.5 Å². The topological polar surface area (TPSA) is 84.5 Å². The first-order valence-corrected chi connectivity index (χ1v) is 9.57. The van der Waals surface area contributed by atoms with Crippen LogP contribution in [0.15, 0.2) is 53.4 Å². The summed E-state index contributed by atoms with van der Waals surface area (Å²) < 4.78 is 31.5. The quantitative estimate of drug-likeness (QED) is 0.730. The molecule has 1 amide bonds. The van der Waals surface area contributed by atoms with Crippen LogP contribution in [0.3, 0.4) is 0 Å². The second-order valence-corrected chi connectivity index (χ2v) is 7.35. The van der Waals surface area contributed by atoms with Crippen LogP contribution in [0.1, 0.15) is 18.1 Å². The molecule has 7 heteroatoms. The molecular formula is C19H22N2O4S.